The molecular formula is C13H11N3O3S. The first kappa shape index (κ1) is 14.0. The van der Waals surface area contributed by atoms with Crippen LogP contribution in [0.3, 0.4) is 0 Å². The van der Waals surface area contributed by atoms with Gasteiger partial charge in [0.05, 0.1) is 5.56 Å². The van der Waals surface area contributed by atoms with Crippen molar-refractivity contribution in [1.82, 2.24) is 15.3 Å². The zero-order chi connectivity index (χ0) is 14.5. The summed E-state index contributed by atoms with van der Waals surface area (Å²) in [5, 5.41) is 11.9. The number of aromatic nitrogens is 2. The van der Waals surface area contributed by atoms with Crippen molar-refractivity contribution in [1.29, 1.82) is 0 Å². The summed E-state index contributed by atoms with van der Waals surface area (Å²) in [6.45, 7) is 0. The van der Waals surface area contributed by atoms with Crippen LogP contribution in [0.25, 0.3) is 0 Å². The maximum atomic E-state index is 11.5. The van der Waals surface area contributed by atoms with Crippen LogP contribution in [0.15, 0.2) is 46.6 Å². The van der Waals surface area contributed by atoms with Crippen molar-refractivity contribution in [3.05, 3.63) is 47.9 Å². The Kier molecular flexibility index (Phi) is 4.31. The van der Waals surface area contributed by atoms with Crippen LogP contribution in [0.2, 0.25) is 0 Å². The number of hydrogen-bond acceptors (Lipinski definition) is 5. The number of aromatic carboxylic acids is 1. The molecule has 0 aromatic carbocycles. The fourth-order valence-corrected chi connectivity index (χ4v) is 2.20. The van der Waals surface area contributed by atoms with Gasteiger partial charge in [0.2, 0.25) is 0 Å². The number of pyridine rings is 2. The van der Waals surface area contributed by atoms with E-state index in [9.17, 15) is 9.59 Å². The number of rotatable bonds is 4. The van der Waals surface area contributed by atoms with Gasteiger partial charge in [-0.25, -0.2) is 9.78 Å². The van der Waals surface area contributed by atoms with Gasteiger partial charge in [-0.05, 0) is 24.3 Å². The summed E-state index contributed by atoms with van der Waals surface area (Å²) in [4.78, 5) is 31.0. The van der Waals surface area contributed by atoms with Gasteiger partial charge >= 0.3 is 5.97 Å². The van der Waals surface area contributed by atoms with Gasteiger partial charge in [-0.3, -0.25) is 9.78 Å². The number of amides is 1. The van der Waals surface area contributed by atoms with E-state index in [1.54, 1.807) is 24.4 Å². The average molecular weight is 289 g/mol. The van der Waals surface area contributed by atoms with Gasteiger partial charge in [0, 0.05) is 24.3 Å². The van der Waals surface area contributed by atoms with Gasteiger partial charge in [-0.15, -0.1) is 0 Å². The first-order valence-electron chi connectivity index (χ1n) is 5.65. The van der Waals surface area contributed by atoms with Crippen LogP contribution in [0.4, 0.5) is 0 Å². The fraction of sp³-hybridized carbons (Fsp3) is 0.0769. The zero-order valence-corrected chi connectivity index (χ0v) is 11.3. The quantitative estimate of drug-likeness (QED) is 0.889. The van der Waals surface area contributed by atoms with E-state index in [-0.39, 0.29) is 11.5 Å². The molecule has 2 rings (SSSR count). The molecule has 0 saturated carbocycles. The molecule has 0 saturated heterocycles. The van der Waals surface area contributed by atoms with E-state index >= 15 is 0 Å². The number of carboxylic acids is 1. The first-order chi connectivity index (χ1) is 9.60. The minimum Gasteiger partial charge on any atom is -0.478 e. The minimum absolute atomic E-state index is 0.134. The second kappa shape index (κ2) is 6.16. The molecule has 2 N–H and O–H groups in total. The third-order valence-electron chi connectivity index (χ3n) is 2.40. The average Bonchev–Trinajstić information content (AvgIpc) is 2.47. The lowest BCUT2D eigenvalue weighted by Crippen LogP contribution is -2.18. The minimum atomic E-state index is -1.01. The highest BCUT2D eigenvalue weighted by atomic mass is 32.2. The van der Waals surface area contributed by atoms with Crippen molar-refractivity contribution in [3.63, 3.8) is 0 Å². The predicted octanol–water partition coefficient (Wildman–Crippen LogP) is 1.69. The molecule has 6 nitrogen and oxygen atoms in total. The Labute approximate surface area is 119 Å². The second-order valence-corrected chi connectivity index (χ2v) is 4.84. The molecule has 0 fully saturated rings. The van der Waals surface area contributed by atoms with Crippen molar-refractivity contribution in [2.45, 2.75) is 9.92 Å². The highest BCUT2D eigenvalue weighted by Gasteiger charge is 2.08. The monoisotopic (exact) mass is 289 g/mol. The Balaban J connectivity index is 2.17. The molecule has 0 aliphatic carbocycles. The first-order valence-corrected chi connectivity index (χ1v) is 6.47. The van der Waals surface area contributed by atoms with Gasteiger partial charge in [0.15, 0.2) is 0 Å². The van der Waals surface area contributed by atoms with E-state index in [4.69, 9.17) is 5.11 Å². The summed E-state index contributed by atoms with van der Waals surface area (Å²) in [6, 6.07) is 6.51. The molecule has 20 heavy (non-hydrogen) atoms. The van der Waals surface area contributed by atoms with Gasteiger partial charge in [0.25, 0.3) is 5.91 Å². The van der Waals surface area contributed by atoms with Crippen LogP contribution in [-0.2, 0) is 0 Å². The summed E-state index contributed by atoms with van der Waals surface area (Å²) in [7, 11) is 1.54. The van der Waals surface area contributed by atoms with Gasteiger partial charge in [-0.2, -0.15) is 0 Å². The van der Waals surface area contributed by atoms with Crippen molar-refractivity contribution in [3.8, 4) is 0 Å². The summed E-state index contributed by atoms with van der Waals surface area (Å²) in [5.74, 6) is -1.28. The van der Waals surface area contributed by atoms with Crippen LogP contribution in [0, 0.1) is 0 Å². The Bertz CT molecular complexity index is 644. The Morgan fingerprint density at radius 1 is 1.25 bits per heavy atom. The van der Waals surface area contributed by atoms with Gasteiger partial charge in [-0.1, -0.05) is 11.8 Å². The lowest BCUT2D eigenvalue weighted by molar-refractivity contribution is 0.0696. The number of carboxylic acid groups (broad SMARTS) is 1. The molecule has 0 radical (unpaired) electrons. The third-order valence-corrected chi connectivity index (χ3v) is 3.34. The second-order valence-electron chi connectivity index (χ2n) is 3.75. The molecule has 0 bridgehead atoms. The fourth-order valence-electron chi connectivity index (χ4n) is 1.41. The largest absolute Gasteiger partial charge is 0.478 e. The maximum Gasteiger partial charge on any atom is 0.337 e. The van der Waals surface area contributed by atoms with Crippen LogP contribution >= 0.6 is 11.8 Å². The molecule has 0 unspecified atom stereocenters. The molecule has 0 spiro atoms. The third kappa shape index (κ3) is 3.33. The lowest BCUT2D eigenvalue weighted by atomic mass is 10.3. The van der Waals surface area contributed by atoms with E-state index in [0.717, 1.165) is 4.90 Å². The maximum absolute atomic E-state index is 11.5. The van der Waals surface area contributed by atoms with Gasteiger partial charge in [0.1, 0.15) is 10.7 Å². The summed E-state index contributed by atoms with van der Waals surface area (Å²) in [5.41, 5.74) is 0.454. The molecule has 7 heteroatoms. The lowest BCUT2D eigenvalue weighted by Gasteiger charge is -2.03. The summed E-state index contributed by atoms with van der Waals surface area (Å²) < 4.78 is 0. The number of carbonyl (C=O) groups is 2. The summed E-state index contributed by atoms with van der Waals surface area (Å²) in [6.07, 6.45) is 2.84. The van der Waals surface area contributed by atoms with Crippen LogP contribution in [0.5, 0.6) is 0 Å². The highest BCUT2D eigenvalue weighted by Crippen LogP contribution is 2.25. The van der Waals surface area contributed by atoms with E-state index in [1.807, 2.05) is 0 Å². The number of nitrogens with one attached hydrogen (secondary N) is 1. The number of hydrogen-bond donors (Lipinski definition) is 2. The molecule has 2 aromatic rings. The molecule has 2 aromatic heterocycles. The van der Waals surface area contributed by atoms with E-state index in [2.05, 4.69) is 15.3 Å². The number of carbonyl (C=O) groups excluding carboxylic acids is 1. The molecule has 2 heterocycles. The molecule has 0 atom stereocenters. The van der Waals surface area contributed by atoms with Crippen molar-refractivity contribution >= 4 is 23.6 Å². The molecule has 0 aliphatic rings. The standard InChI is InChI=1S/C13H11N3O3S/c1-14-12(17)10-6-9(4-5-15-10)20-11-3-2-8(7-16-11)13(18)19/h2-7H,1H3,(H,14,17)(H,18,19). The topological polar surface area (TPSA) is 92.2 Å². The van der Waals surface area contributed by atoms with Crippen LogP contribution in [0.1, 0.15) is 20.8 Å². The molecule has 0 aliphatic heterocycles. The van der Waals surface area contributed by atoms with E-state index < -0.39 is 5.97 Å². The summed E-state index contributed by atoms with van der Waals surface area (Å²) >= 11 is 1.33. The van der Waals surface area contributed by atoms with E-state index in [0.29, 0.717) is 10.7 Å². The highest BCUT2D eigenvalue weighted by molar-refractivity contribution is 7.99. The predicted molar refractivity (Wildman–Crippen MR) is 72.9 cm³/mol. The van der Waals surface area contributed by atoms with Gasteiger partial charge < -0.3 is 10.4 Å². The van der Waals surface area contributed by atoms with E-state index in [1.165, 1.54) is 31.1 Å². The van der Waals surface area contributed by atoms with Crippen molar-refractivity contribution in [2.24, 2.45) is 0 Å². The SMILES string of the molecule is CNC(=O)c1cc(Sc2ccc(C(=O)O)cn2)ccn1. The molecule has 1 amide bonds. The zero-order valence-electron chi connectivity index (χ0n) is 10.5. The van der Waals surface area contributed by atoms with Crippen LogP contribution in [-0.4, -0.2) is 34.0 Å². The molecular weight excluding hydrogens is 278 g/mol. The number of nitrogens with zero attached hydrogens (tertiary/aromatic N) is 2. The van der Waals surface area contributed by atoms with Crippen molar-refractivity contribution < 1.29 is 14.7 Å². The Morgan fingerprint density at radius 3 is 2.65 bits per heavy atom. The van der Waals surface area contributed by atoms with Crippen molar-refractivity contribution in [2.75, 3.05) is 7.05 Å². The smallest absolute Gasteiger partial charge is 0.337 e. The Hall–Kier alpha value is -2.41. The normalized spacial score (nSPS) is 10.1. The Morgan fingerprint density at radius 2 is 2.05 bits per heavy atom. The van der Waals surface area contributed by atoms with Crippen LogP contribution < -0.4 is 5.32 Å². The molecule has 102 valence electrons.